The van der Waals surface area contributed by atoms with E-state index >= 15 is 0 Å². The Labute approximate surface area is 167 Å². The Morgan fingerprint density at radius 3 is 1.71 bits per heavy atom. The van der Waals surface area contributed by atoms with E-state index in [9.17, 15) is 4.39 Å². The van der Waals surface area contributed by atoms with Gasteiger partial charge in [-0.15, -0.1) is 0 Å². The van der Waals surface area contributed by atoms with E-state index in [2.05, 4.69) is 79.1 Å². The van der Waals surface area contributed by atoms with Gasteiger partial charge in [0.25, 0.3) is 0 Å². The van der Waals surface area contributed by atoms with Gasteiger partial charge in [-0.3, -0.25) is 4.90 Å². The molecule has 0 saturated carbocycles. The lowest BCUT2D eigenvalue weighted by Gasteiger charge is -2.31. The second-order valence-corrected chi connectivity index (χ2v) is 7.34. The quantitative estimate of drug-likeness (QED) is 0.487. The van der Waals surface area contributed by atoms with E-state index in [-0.39, 0.29) is 11.9 Å². The lowest BCUT2D eigenvalue weighted by molar-refractivity contribution is 0.179. The van der Waals surface area contributed by atoms with E-state index in [4.69, 9.17) is 0 Å². The standard InChI is InChI=1S/C26H26FN/c1-21(2)26(18-15-22-13-16-25(27)17-14-22)28(19-23-9-5-3-6-10-23)20-24-11-7-4-8-12-24/h3-14,16-17,21,26H,19-20H2,1-2H3. The maximum Gasteiger partial charge on any atom is 0.123 e. The van der Waals surface area contributed by atoms with Crippen molar-refractivity contribution >= 4 is 0 Å². The molecule has 28 heavy (non-hydrogen) atoms. The molecule has 1 nitrogen and oxygen atoms in total. The van der Waals surface area contributed by atoms with Gasteiger partial charge in [-0.2, -0.15) is 0 Å². The summed E-state index contributed by atoms with van der Waals surface area (Å²) in [5.74, 6) is 6.82. The molecule has 0 aromatic heterocycles. The molecule has 0 heterocycles. The second-order valence-electron chi connectivity index (χ2n) is 7.34. The van der Waals surface area contributed by atoms with Crippen molar-refractivity contribution in [3.8, 4) is 11.8 Å². The smallest absolute Gasteiger partial charge is 0.123 e. The van der Waals surface area contributed by atoms with Crippen molar-refractivity contribution in [2.75, 3.05) is 0 Å². The summed E-state index contributed by atoms with van der Waals surface area (Å²) in [6.45, 7) is 6.06. The van der Waals surface area contributed by atoms with Gasteiger partial charge in [0.15, 0.2) is 0 Å². The minimum atomic E-state index is -0.235. The van der Waals surface area contributed by atoms with Gasteiger partial charge in [-0.05, 0) is 41.3 Å². The molecule has 0 spiro atoms. The zero-order chi connectivity index (χ0) is 19.8. The minimum absolute atomic E-state index is 0.0884. The summed E-state index contributed by atoms with van der Waals surface area (Å²) in [7, 11) is 0. The van der Waals surface area contributed by atoms with Crippen LogP contribution in [0.25, 0.3) is 0 Å². The molecular formula is C26H26FN. The number of rotatable bonds is 6. The number of nitrogens with zero attached hydrogens (tertiary/aromatic N) is 1. The molecule has 1 atom stereocenters. The molecule has 3 rings (SSSR count). The van der Waals surface area contributed by atoms with E-state index in [1.54, 1.807) is 12.1 Å². The average molecular weight is 371 g/mol. The van der Waals surface area contributed by atoms with E-state index in [1.807, 2.05) is 12.1 Å². The predicted octanol–water partition coefficient (Wildman–Crippen LogP) is 5.90. The third-order valence-electron chi connectivity index (χ3n) is 4.69. The van der Waals surface area contributed by atoms with Gasteiger partial charge < -0.3 is 0 Å². The molecule has 0 aliphatic rings. The number of benzene rings is 3. The lowest BCUT2D eigenvalue weighted by atomic mass is 10.0. The van der Waals surface area contributed by atoms with E-state index in [0.717, 1.165) is 18.7 Å². The molecule has 3 aromatic rings. The number of hydrogen-bond acceptors (Lipinski definition) is 1. The number of halogens is 1. The predicted molar refractivity (Wildman–Crippen MR) is 114 cm³/mol. The Kier molecular flexibility index (Phi) is 7.00. The first kappa shape index (κ1) is 19.9. The zero-order valence-corrected chi connectivity index (χ0v) is 16.5. The third-order valence-corrected chi connectivity index (χ3v) is 4.69. The second kappa shape index (κ2) is 9.88. The van der Waals surface area contributed by atoms with Gasteiger partial charge in [0, 0.05) is 18.7 Å². The van der Waals surface area contributed by atoms with Crippen LogP contribution in [0.3, 0.4) is 0 Å². The fourth-order valence-corrected chi connectivity index (χ4v) is 3.26. The van der Waals surface area contributed by atoms with E-state index < -0.39 is 0 Å². The molecule has 0 amide bonds. The van der Waals surface area contributed by atoms with Crippen molar-refractivity contribution in [1.29, 1.82) is 0 Å². The molecule has 0 radical (unpaired) electrons. The van der Waals surface area contributed by atoms with Crippen molar-refractivity contribution in [2.24, 2.45) is 5.92 Å². The van der Waals surface area contributed by atoms with Crippen LogP contribution in [0.5, 0.6) is 0 Å². The summed E-state index contributed by atoms with van der Waals surface area (Å²) >= 11 is 0. The fourth-order valence-electron chi connectivity index (χ4n) is 3.26. The Balaban J connectivity index is 1.88. The van der Waals surface area contributed by atoms with Crippen LogP contribution in [-0.2, 0) is 13.1 Å². The Bertz CT molecular complexity index is 864. The highest BCUT2D eigenvalue weighted by atomic mass is 19.1. The van der Waals surface area contributed by atoms with Crippen LogP contribution in [0.15, 0.2) is 84.9 Å². The molecule has 0 saturated heterocycles. The maximum absolute atomic E-state index is 13.2. The van der Waals surface area contributed by atoms with Crippen molar-refractivity contribution in [3.05, 3.63) is 107 Å². The molecule has 2 heteroatoms. The molecule has 0 aliphatic carbocycles. The normalized spacial score (nSPS) is 11.9. The Morgan fingerprint density at radius 1 is 0.750 bits per heavy atom. The Hall–Kier alpha value is -2.89. The maximum atomic E-state index is 13.2. The monoisotopic (exact) mass is 371 g/mol. The summed E-state index contributed by atoms with van der Waals surface area (Å²) in [4.78, 5) is 2.42. The first-order chi connectivity index (χ1) is 13.6. The van der Waals surface area contributed by atoms with Gasteiger partial charge in [0.1, 0.15) is 5.82 Å². The van der Waals surface area contributed by atoms with E-state index in [1.165, 1.54) is 23.3 Å². The first-order valence-corrected chi connectivity index (χ1v) is 9.71. The van der Waals surface area contributed by atoms with Crippen LogP contribution >= 0.6 is 0 Å². The molecule has 3 aromatic carbocycles. The van der Waals surface area contributed by atoms with Crippen molar-refractivity contribution in [2.45, 2.75) is 33.0 Å². The number of hydrogen-bond donors (Lipinski definition) is 0. The fraction of sp³-hybridized carbons (Fsp3) is 0.231. The summed E-state index contributed by atoms with van der Waals surface area (Å²) in [6, 6.07) is 27.5. The summed E-state index contributed by atoms with van der Waals surface area (Å²) in [5.41, 5.74) is 3.38. The van der Waals surface area contributed by atoms with E-state index in [0.29, 0.717) is 5.92 Å². The molecule has 0 N–H and O–H groups in total. The van der Waals surface area contributed by atoms with Crippen LogP contribution < -0.4 is 0 Å². The third kappa shape index (κ3) is 5.81. The van der Waals surface area contributed by atoms with Crippen LogP contribution in [0.1, 0.15) is 30.5 Å². The average Bonchev–Trinajstić information content (AvgIpc) is 2.71. The first-order valence-electron chi connectivity index (χ1n) is 9.71. The van der Waals surface area contributed by atoms with Gasteiger partial charge >= 0.3 is 0 Å². The summed E-state index contributed by atoms with van der Waals surface area (Å²) in [6.07, 6.45) is 0. The Morgan fingerprint density at radius 2 is 1.25 bits per heavy atom. The SMILES string of the molecule is CC(C)C(C#Cc1ccc(F)cc1)N(Cc1ccccc1)Cc1ccccc1. The van der Waals surface area contributed by atoms with Crippen molar-refractivity contribution in [3.63, 3.8) is 0 Å². The summed E-state index contributed by atoms with van der Waals surface area (Å²) in [5, 5.41) is 0. The van der Waals surface area contributed by atoms with Crippen LogP contribution in [0, 0.1) is 23.6 Å². The minimum Gasteiger partial charge on any atom is -0.281 e. The van der Waals surface area contributed by atoms with Crippen molar-refractivity contribution < 1.29 is 4.39 Å². The van der Waals surface area contributed by atoms with Crippen molar-refractivity contribution in [1.82, 2.24) is 4.90 Å². The lowest BCUT2D eigenvalue weighted by Crippen LogP contribution is -2.37. The van der Waals surface area contributed by atoms with Crippen LogP contribution in [0.4, 0.5) is 4.39 Å². The van der Waals surface area contributed by atoms with Crippen LogP contribution in [0.2, 0.25) is 0 Å². The molecule has 0 aliphatic heterocycles. The highest BCUT2D eigenvalue weighted by molar-refractivity contribution is 5.35. The molecule has 1 unspecified atom stereocenters. The molecular weight excluding hydrogens is 345 g/mol. The topological polar surface area (TPSA) is 3.24 Å². The zero-order valence-electron chi connectivity index (χ0n) is 16.5. The largest absolute Gasteiger partial charge is 0.281 e. The molecule has 0 bridgehead atoms. The van der Waals surface area contributed by atoms with Gasteiger partial charge in [0.2, 0.25) is 0 Å². The highest BCUT2D eigenvalue weighted by Crippen LogP contribution is 2.18. The summed E-state index contributed by atoms with van der Waals surface area (Å²) < 4.78 is 13.2. The molecule has 0 fully saturated rings. The highest BCUT2D eigenvalue weighted by Gasteiger charge is 2.20. The van der Waals surface area contributed by atoms with Gasteiger partial charge in [-0.1, -0.05) is 86.4 Å². The van der Waals surface area contributed by atoms with Gasteiger partial charge in [-0.25, -0.2) is 4.39 Å². The molecule has 142 valence electrons. The van der Waals surface area contributed by atoms with Gasteiger partial charge in [0.05, 0.1) is 6.04 Å². The van der Waals surface area contributed by atoms with Crippen LogP contribution in [-0.4, -0.2) is 10.9 Å².